The lowest BCUT2D eigenvalue weighted by molar-refractivity contribution is -0.134. The SMILES string of the molecule is CCOc1ccc(C2CCCN2C(=O)CCCN2C(=O)NC3(CCCC3)C2=O)cc1. The van der Waals surface area contributed by atoms with E-state index in [1.54, 1.807) is 0 Å². The molecular formula is C23H31N3O4. The first-order valence-corrected chi connectivity index (χ1v) is 11.2. The number of carbonyl (C=O) groups excluding carboxylic acids is 3. The summed E-state index contributed by atoms with van der Waals surface area (Å²) in [6.45, 7) is 3.65. The molecule has 0 aromatic heterocycles. The van der Waals surface area contributed by atoms with Gasteiger partial charge < -0.3 is 15.0 Å². The Morgan fingerprint density at radius 1 is 1.17 bits per heavy atom. The lowest BCUT2D eigenvalue weighted by Crippen LogP contribution is -2.44. The van der Waals surface area contributed by atoms with Crippen LogP contribution in [0, 0.1) is 0 Å². The molecule has 1 saturated carbocycles. The van der Waals surface area contributed by atoms with Gasteiger partial charge in [0.2, 0.25) is 5.91 Å². The topological polar surface area (TPSA) is 79.0 Å². The summed E-state index contributed by atoms with van der Waals surface area (Å²) in [5.41, 5.74) is 0.455. The predicted molar refractivity (Wildman–Crippen MR) is 112 cm³/mol. The van der Waals surface area contributed by atoms with Crippen LogP contribution >= 0.6 is 0 Å². The summed E-state index contributed by atoms with van der Waals surface area (Å²) in [6, 6.07) is 7.77. The Morgan fingerprint density at radius 3 is 2.60 bits per heavy atom. The summed E-state index contributed by atoms with van der Waals surface area (Å²) in [7, 11) is 0. The number of benzene rings is 1. The summed E-state index contributed by atoms with van der Waals surface area (Å²) in [5, 5.41) is 2.90. The Morgan fingerprint density at radius 2 is 1.90 bits per heavy atom. The van der Waals surface area contributed by atoms with E-state index in [0.717, 1.165) is 56.4 Å². The molecule has 30 heavy (non-hydrogen) atoms. The van der Waals surface area contributed by atoms with Gasteiger partial charge >= 0.3 is 6.03 Å². The van der Waals surface area contributed by atoms with Crippen molar-refractivity contribution in [3.8, 4) is 5.75 Å². The minimum Gasteiger partial charge on any atom is -0.494 e. The molecule has 1 spiro atoms. The van der Waals surface area contributed by atoms with E-state index in [9.17, 15) is 14.4 Å². The van der Waals surface area contributed by atoms with Crippen molar-refractivity contribution in [1.29, 1.82) is 0 Å². The largest absolute Gasteiger partial charge is 0.494 e. The van der Waals surface area contributed by atoms with Gasteiger partial charge in [0.05, 0.1) is 12.6 Å². The number of nitrogens with one attached hydrogen (secondary N) is 1. The Hall–Kier alpha value is -2.57. The highest BCUT2D eigenvalue weighted by atomic mass is 16.5. The molecule has 7 heteroatoms. The Labute approximate surface area is 177 Å². The van der Waals surface area contributed by atoms with Gasteiger partial charge in [0.15, 0.2) is 0 Å². The van der Waals surface area contributed by atoms with Crippen LogP contribution < -0.4 is 10.1 Å². The average Bonchev–Trinajstić information content (AvgIpc) is 3.46. The minimum absolute atomic E-state index is 0.0895. The van der Waals surface area contributed by atoms with E-state index in [4.69, 9.17) is 4.74 Å². The normalized spacial score (nSPS) is 22.8. The first-order chi connectivity index (χ1) is 14.5. The monoisotopic (exact) mass is 413 g/mol. The van der Waals surface area contributed by atoms with Gasteiger partial charge in [0.1, 0.15) is 11.3 Å². The number of likely N-dealkylation sites (tertiary alicyclic amines) is 1. The van der Waals surface area contributed by atoms with Crippen LogP contribution in [-0.2, 0) is 9.59 Å². The highest BCUT2D eigenvalue weighted by molar-refractivity contribution is 6.07. The van der Waals surface area contributed by atoms with Crippen molar-refractivity contribution in [2.45, 2.75) is 69.9 Å². The maximum atomic E-state index is 12.9. The van der Waals surface area contributed by atoms with Crippen LogP contribution in [0.5, 0.6) is 5.75 Å². The number of carbonyl (C=O) groups is 3. The number of imide groups is 1. The second-order valence-electron chi connectivity index (χ2n) is 8.53. The van der Waals surface area contributed by atoms with Gasteiger partial charge in [0, 0.05) is 19.5 Å². The lowest BCUT2D eigenvalue weighted by atomic mass is 9.98. The molecule has 7 nitrogen and oxygen atoms in total. The van der Waals surface area contributed by atoms with E-state index < -0.39 is 5.54 Å². The number of nitrogens with zero attached hydrogens (tertiary/aromatic N) is 2. The van der Waals surface area contributed by atoms with Crippen LogP contribution in [0.2, 0.25) is 0 Å². The van der Waals surface area contributed by atoms with Gasteiger partial charge in [-0.2, -0.15) is 0 Å². The summed E-state index contributed by atoms with van der Waals surface area (Å²) in [4.78, 5) is 41.1. The van der Waals surface area contributed by atoms with Crippen molar-refractivity contribution in [2.75, 3.05) is 19.7 Å². The van der Waals surface area contributed by atoms with Crippen molar-refractivity contribution in [3.05, 3.63) is 29.8 Å². The molecule has 0 bridgehead atoms. The first kappa shape index (κ1) is 20.7. The van der Waals surface area contributed by atoms with Crippen LogP contribution in [-0.4, -0.2) is 52.9 Å². The fourth-order valence-electron chi connectivity index (χ4n) is 5.09. The highest BCUT2D eigenvalue weighted by Gasteiger charge is 2.52. The quantitative estimate of drug-likeness (QED) is 0.695. The maximum Gasteiger partial charge on any atom is 0.325 e. The summed E-state index contributed by atoms with van der Waals surface area (Å²) >= 11 is 0. The zero-order valence-corrected chi connectivity index (χ0v) is 17.7. The van der Waals surface area contributed by atoms with E-state index >= 15 is 0 Å². The van der Waals surface area contributed by atoms with E-state index in [0.29, 0.717) is 26.0 Å². The molecule has 2 saturated heterocycles. The Kier molecular flexibility index (Phi) is 5.97. The molecule has 1 unspecified atom stereocenters. The van der Waals surface area contributed by atoms with Gasteiger partial charge in [0.25, 0.3) is 5.91 Å². The Balaban J connectivity index is 1.31. The number of amides is 4. The maximum absolute atomic E-state index is 12.9. The third-order valence-electron chi connectivity index (χ3n) is 6.62. The molecule has 4 rings (SSSR count). The zero-order valence-electron chi connectivity index (χ0n) is 17.7. The molecule has 2 heterocycles. The van der Waals surface area contributed by atoms with Gasteiger partial charge in [-0.05, 0) is 56.7 Å². The zero-order chi connectivity index (χ0) is 21.1. The van der Waals surface area contributed by atoms with Gasteiger partial charge in [-0.1, -0.05) is 25.0 Å². The van der Waals surface area contributed by atoms with Gasteiger partial charge in [-0.25, -0.2) is 4.79 Å². The van der Waals surface area contributed by atoms with Crippen molar-refractivity contribution < 1.29 is 19.1 Å². The molecule has 3 aliphatic rings. The van der Waals surface area contributed by atoms with Gasteiger partial charge in [-0.3, -0.25) is 14.5 Å². The molecule has 3 fully saturated rings. The summed E-state index contributed by atoms with van der Waals surface area (Å²) < 4.78 is 5.51. The molecule has 1 aliphatic carbocycles. The van der Waals surface area contributed by atoms with E-state index in [1.165, 1.54) is 4.90 Å². The third kappa shape index (κ3) is 3.89. The molecule has 1 aromatic carbocycles. The summed E-state index contributed by atoms with van der Waals surface area (Å²) in [5.74, 6) is 0.825. The molecule has 4 amide bonds. The van der Waals surface area contributed by atoms with Crippen LogP contribution in [0.15, 0.2) is 24.3 Å². The van der Waals surface area contributed by atoms with E-state index in [1.807, 2.05) is 36.1 Å². The second kappa shape index (κ2) is 8.66. The van der Waals surface area contributed by atoms with Crippen molar-refractivity contribution in [3.63, 3.8) is 0 Å². The lowest BCUT2D eigenvalue weighted by Gasteiger charge is -2.26. The number of hydrogen-bond acceptors (Lipinski definition) is 4. The number of hydrogen-bond donors (Lipinski definition) is 1. The Bertz CT molecular complexity index is 801. The van der Waals surface area contributed by atoms with Crippen LogP contribution in [0.4, 0.5) is 4.79 Å². The highest BCUT2D eigenvalue weighted by Crippen LogP contribution is 2.36. The van der Waals surface area contributed by atoms with Crippen LogP contribution in [0.25, 0.3) is 0 Å². The molecule has 0 radical (unpaired) electrons. The molecule has 1 N–H and O–H groups in total. The van der Waals surface area contributed by atoms with Gasteiger partial charge in [-0.15, -0.1) is 0 Å². The van der Waals surface area contributed by atoms with Crippen LogP contribution in [0.3, 0.4) is 0 Å². The standard InChI is InChI=1S/C23H31N3O4/c1-2-30-18-11-9-17(10-12-18)19-7-5-15-25(19)20(27)8-6-16-26-21(28)23(24-22(26)29)13-3-4-14-23/h9-12,19H,2-8,13-16H2,1H3,(H,24,29). The van der Waals surface area contributed by atoms with E-state index in [2.05, 4.69) is 5.32 Å². The summed E-state index contributed by atoms with van der Waals surface area (Å²) in [6.07, 6.45) is 6.18. The predicted octanol–water partition coefficient (Wildman–Crippen LogP) is 3.39. The third-order valence-corrected chi connectivity index (χ3v) is 6.62. The molecular weight excluding hydrogens is 382 g/mol. The number of rotatable bonds is 7. The first-order valence-electron chi connectivity index (χ1n) is 11.2. The van der Waals surface area contributed by atoms with E-state index in [-0.39, 0.29) is 23.9 Å². The number of ether oxygens (including phenoxy) is 1. The molecule has 162 valence electrons. The van der Waals surface area contributed by atoms with Crippen molar-refractivity contribution >= 4 is 17.8 Å². The van der Waals surface area contributed by atoms with Crippen molar-refractivity contribution in [2.24, 2.45) is 0 Å². The minimum atomic E-state index is -0.672. The average molecular weight is 414 g/mol. The van der Waals surface area contributed by atoms with Crippen LogP contribution in [0.1, 0.15) is 69.9 Å². The fourth-order valence-corrected chi connectivity index (χ4v) is 5.09. The van der Waals surface area contributed by atoms with Crippen molar-refractivity contribution in [1.82, 2.24) is 15.1 Å². The molecule has 1 aromatic rings. The second-order valence-corrected chi connectivity index (χ2v) is 8.53. The molecule has 2 aliphatic heterocycles. The smallest absolute Gasteiger partial charge is 0.325 e. The number of urea groups is 1. The molecule has 1 atom stereocenters. The fraction of sp³-hybridized carbons (Fsp3) is 0.609.